The second-order valence-corrected chi connectivity index (χ2v) is 6.13. The van der Waals surface area contributed by atoms with Crippen LogP contribution in [0.25, 0.3) is 6.08 Å². The number of halogens is 1. The predicted octanol–water partition coefficient (Wildman–Crippen LogP) is 4.54. The molecule has 0 heterocycles. The van der Waals surface area contributed by atoms with E-state index in [-0.39, 0.29) is 12.5 Å². The molecule has 4 nitrogen and oxygen atoms in total. The highest BCUT2D eigenvalue weighted by molar-refractivity contribution is 6.32. The van der Waals surface area contributed by atoms with Gasteiger partial charge in [0.15, 0.2) is 6.61 Å². The number of ether oxygens (including phenoxy) is 1. The van der Waals surface area contributed by atoms with Crippen LogP contribution in [0, 0.1) is 13.8 Å². The second-order valence-electron chi connectivity index (χ2n) is 5.75. The standard InChI is InChI=1S/C20H21ClN2O2/c1-14(9-17-7-5-4-6-8-17)12-22-23-19(24)13-25-18-10-15(2)20(21)16(3)11-18/h4-12H,13H2,1-3H3,(H,23,24)/b14-9-,22-12+. The lowest BCUT2D eigenvalue weighted by Crippen LogP contribution is -2.24. The molecule has 0 saturated heterocycles. The van der Waals surface area contributed by atoms with Crippen LogP contribution in [0.15, 0.2) is 53.1 Å². The van der Waals surface area contributed by atoms with Gasteiger partial charge in [-0.2, -0.15) is 5.10 Å². The maximum absolute atomic E-state index is 11.8. The highest BCUT2D eigenvalue weighted by Crippen LogP contribution is 2.25. The summed E-state index contributed by atoms with van der Waals surface area (Å²) in [6, 6.07) is 13.5. The molecule has 130 valence electrons. The van der Waals surface area contributed by atoms with Gasteiger partial charge in [0.05, 0.1) is 6.21 Å². The quantitative estimate of drug-likeness (QED) is 0.610. The number of hydrogen-bond acceptors (Lipinski definition) is 3. The average Bonchev–Trinajstić information content (AvgIpc) is 2.58. The zero-order valence-corrected chi connectivity index (χ0v) is 15.3. The van der Waals surface area contributed by atoms with Gasteiger partial charge in [0, 0.05) is 5.02 Å². The number of nitrogens with zero attached hydrogens (tertiary/aromatic N) is 1. The molecule has 0 atom stereocenters. The Morgan fingerprint density at radius 2 is 1.84 bits per heavy atom. The first-order valence-corrected chi connectivity index (χ1v) is 8.28. The van der Waals surface area contributed by atoms with E-state index in [9.17, 15) is 4.79 Å². The lowest BCUT2D eigenvalue weighted by atomic mass is 10.1. The van der Waals surface area contributed by atoms with Crippen LogP contribution in [-0.4, -0.2) is 18.7 Å². The molecular formula is C20H21ClN2O2. The van der Waals surface area contributed by atoms with Gasteiger partial charge in [-0.3, -0.25) is 4.79 Å². The monoisotopic (exact) mass is 356 g/mol. The fraction of sp³-hybridized carbons (Fsp3) is 0.200. The largest absolute Gasteiger partial charge is 0.484 e. The molecular weight excluding hydrogens is 336 g/mol. The molecule has 2 rings (SSSR count). The Morgan fingerprint density at radius 1 is 1.20 bits per heavy atom. The van der Waals surface area contributed by atoms with Crippen molar-refractivity contribution in [3.05, 3.63) is 69.8 Å². The first kappa shape index (κ1) is 18.7. The van der Waals surface area contributed by atoms with Crippen molar-refractivity contribution >= 4 is 29.8 Å². The first-order valence-electron chi connectivity index (χ1n) is 7.90. The number of hydrogen-bond donors (Lipinski definition) is 1. The summed E-state index contributed by atoms with van der Waals surface area (Å²) in [5, 5.41) is 4.65. The van der Waals surface area contributed by atoms with Crippen molar-refractivity contribution in [2.45, 2.75) is 20.8 Å². The van der Waals surface area contributed by atoms with E-state index < -0.39 is 0 Å². The molecule has 0 spiro atoms. The van der Waals surface area contributed by atoms with E-state index in [4.69, 9.17) is 16.3 Å². The summed E-state index contributed by atoms with van der Waals surface area (Å²) in [4.78, 5) is 11.8. The predicted molar refractivity (Wildman–Crippen MR) is 103 cm³/mol. The second kappa shape index (κ2) is 9.04. The number of rotatable bonds is 6. The molecule has 0 unspecified atom stereocenters. The molecule has 0 radical (unpaired) electrons. The molecule has 1 amide bonds. The number of benzene rings is 2. The van der Waals surface area contributed by atoms with Gasteiger partial charge in [-0.15, -0.1) is 0 Å². The molecule has 0 aromatic heterocycles. The van der Waals surface area contributed by atoms with Gasteiger partial charge in [0.2, 0.25) is 0 Å². The van der Waals surface area contributed by atoms with Crippen LogP contribution in [0.1, 0.15) is 23.6 Å². The number of aryl methyl sites for hydroxylation is 2. The first-order chi connectivity index (χ1) is 12.0. The lowest BCUT2D eigenvalue weighted by molar-refractivity contribution is -0.123. The minimum absolute atomic E-state index is 0.112. The summed E-state index contributed by atoms with van der Waals surface area (Å²) in [5.74, 6) is 0.285. The van der Waals surface area contributed by atoms with Gasteiger partial charge < -0.3 is 4.74 Å². The average molecular weight is 357 g/mol. The van der Waals surface area contributed by atoms with E-state index in [0.717, 1.165) is 22.3 Å². The lowest BCUT2D eigenvalue weighted by Gasteiger charge is -2.09. The van der Waals surface area contributed by atoms with Crippen LogP contribution in [-0.2, 0) is 4.79 Å². The fourth-order valence-corrected chi connectivity index (χ4v) is 2.34. The van der Waals surface area contributed by atoms with Crippen LogP contribution in [0.2, 0.25) is 5.02 Å². The number of nitrogens with one attached hydrogen (secondary N) is 1. The van der Waals surface area contributed by atoms with Crippen LogP contribution in [0.5, 0.6) is 5.75 Å². The van der Waals surface area contributed by atoms with Crippen molar-refractivity contribution in [3.63, 3.8) is 0 Å². The van der Waals surface area contributed by atoms with E-state index >= 15 is 0 Å². The summed E-state index contributed by atoms with van der Waals surface area (Å²) < 4.78 is 5.48. The van der Waals surface area contributed by atoms with Crippen molar-refractivity contribution in [2.24, 2.45) is 5.10 Å². The van der Waals surface area contributed by atoms with Crippen molar-refractivity contribution in [3.8, 4) is 5.75 Å². The molecule has 0 saturated carbocycles. The number of amides is 1. The maximum Gasteiger partial charge on any atom is 0.277 e. The van der Waals surface area contributed by atoms with Gasteiger partial charge in [-0.1, -0.05) is 48.0 Å². The van der Waals surface area contributed by atoms with E-state index in [1.807, 2.05) is 57.2 Å². The molecule has 0 bridgehead atoms. The molecule has 0 aliphatic rings. The Kier molecular flexibility index (Phi) is 6.78. The van der Waals surface area contributed by atoms with Crippen molar-refractivity contribution < 1.29 is 9.53 Å². The van der Waals surface area contributed by atoms with Crippen LogP contribution >= 0.6 is 11.6 Å². The molecule has 0 aliphatic heterocycles. The summed E-state index contributed by atoms with van der Waals surface area (Å²) >= 11 is 6.11. The summed E-state index contributed by atoms with van der Waals surface area (Å²) in [6.07, 6.45) is 3.58. The Labute approximate surface area is 153 Å². The van der Waals surface area contributed by atoms with E-state index in [0.29, 0.717) is 10.8 Å². The molecule has 2 aromatic carbocycles. The van der Waals surface area contributed by atoms with Gasteiger partial charge in [0.1, 0.15) is 5.75 Å². The minimum atomic E-state index is -0.325. The fourth-order valence-electron chi connectivity index (χ4n) is 2.23. The Bertz CT molecular complexity index is 776. The number of carbonyl (C=O) groups excluding carboxylic acids is 1. The van der Waals surface area contributed by atoms with E-state index in [2.05, 4.69) is 10.5 Å². The summed E-state index contributed by atoms with van der Waals surface area (Å²) in [7, 11) is 0. The molecule has 0 fully saturated rings. The third kappa shape index (κ3) is 6.08. The van der Waals surface area contributed by atoms with E-state index in [1.54, 1.807) is 18.3 Å². The van der Waals surface area contributed by atoms with Crippen molar-refractivity contribution in [1.29, 1.82) is 0 Å². The third-order valence-electron chi connectivity index (χ3n) is 3.43. The van der Waals surface area contributed by atoms with Crippen LogP contribution in [0.3, 0.4) is 0 Å². The zero-order valence-electron chi connectivity index (χ0n) is 14.5. The van der Waals surface area contributed by atoms with Crippen molar-refractivity contribution in [2.75, 3.05) is 6.61 Å². The van der Waals surface area contributed by atoms with Crippen LogP contribution in [0.4, 0.5) is 0 Å². The topological polar surface area (TPSA) is 50.7 Å². The minimum Gasteiger partial charge on any atom is -0.484 e. The van der Waals surface area contributed by atoms with Gasteiger partial charge in [0.25, 0.3) is 5.91 Å². The van der Waals surface area contributed by atoms with E-state index in [1.165, 1.54) is 0 Å². The SMILES string of the molecule is CC(=C/c1ccccc1)/C=N/NC(=O)COc1cc(C)c(Cl)c(C)c1. The summed E-state index contributed by atoms with van der Waals surface area (Å²) in [5.41, 5.74) is 6.28. The van der Waals surface area contributed by atoms with Gasteiger partial charge in [-0.25, -0.2) is 5.43 Å². The summed E-state index contributed by atoms with van der Waals surface area (Å²) in [6.45, 7) is 5.60. The highest BCUT2D eigenvalue weighted by Gasteiger charge is 2.06. The number of allylic oxidation sites excluding steroid dienone is 1. The Morgan fingerprint density at radius 3 is 2.48 bits per heavy atom. The molecule has 0 aliphatic carbocycles. The van der Waals surface area contributed by atoms with Gasteiger partial charge >= 0.3 is 0 Å². The highest BCUT2D eigenvalue weighted by atomic mass is 35.5. The molecule has 25 heavy (non-hydrogen) atoms. The normalized spacial score (nSPS) is 11.6. The maximum atomic E-state index is 11.8. The van der Waals surface area contributed by atoms with Gasteiger partial charge in [-0.05, 0) is 55.2 Å². The molecule has 5 heteroatoms. The zero-order chi connectivity index (χ0) is 18.2. The third-order valence-corrected chi connectivity index (χ3v) is 4.03. The number of hydrazone groups is 1. The number of carbonyl (C=O) groups is 1. The smallest absolute Gasteiger partial charge is 0.277 e. The Hall–Kier alpha value is -2.59. The van der Waals surface area contributed by atoms with Crippen molar-refractivity contribution in [1.82, 2.24) is 5.43 Å². The molecule has 2 aromatic rings. The van der Waals surface area contributed by atoms with Crippen LogP contribution < -0.4 is 10.2 Å². The Balaban J connectivity index is 1.83. The molecule has 1 N–H and O–H groups in total.